The van der Waals surface area contributed by atoms with Gasteiger partial charge in [0, 0.05) is 17.7 Å². The summed E-state index contributed by atoms with van der Waals surface area (Å²) in [6, 6.07) is 13.6. The highest BCUT2D eigenvalue weighted by atomic mass is 16.5. The Kier molecular flexibility index (Phi) is 7.37. The Bertz CT molecular complexity index is 802. The molecular formula is C20H22N2O5. The quantitative estimate of drug-likeness (QED) is 0.629. The van der Waals surface area contributed by atoms with Crippen LogP contribution in [-0.2, 0) is 16.0 Å². The summed E-state index contributed by atoms with van der Waals surface area (Å²) in [5.74, 6) is -0.927. The molecule has 0 saturated heterocycles. The topological polar surface area (TPSA) is 105 Å². The van der Waals surface area contributed by atoms with Crippen LogP contribution in [0, 0.1) is 0 Å². The molecule has 2 aromatic rings. The van der Waals surface area contributed by atoms with Gasteiger partial charge in [-0.3, -0.25) is 14.4 Å². The number of ether oxygens (including phenoxy) is 1. The van der Waals surface area contributed by atoms with E-state index in [1.165, 1.54) is 0 Å². The molecule has 2 rings (SSSR count). The molecule has 0 bridgehead atoms. The van der Waals surface area contributed by atoms with E-state index in [0.717, 1.165) is 5.56 Å². The fraction of sp³-hybridized carbons (Fsp3) is 0.250. The molecule has 2 amide bonds. The number of benzene rings is 2. The smallest absolute Gasteiger partial charge is 0.303 e. The van der Waals surface area contributed by atoms with Gasteiger partial charge < -0.3 is 20.5 Å². The minimum absolute atomic E-state index is 0.0234. The molecule has 0 spiro atoms. The number of carboxylic acids is 1. The summed E-state index contributed by atoms with van der Waals surface area (Å²) in [5.41, 5.74) is 1.80. The molecule has 3 N–H and O–H groups in total. The lowest BCUT2D eigenvalue weighted by Gasteiger charge is -2.09. The molecule has 27 heavy (non-hydrogen) atoms. The highest BCUT2D eigenvalue weighted by Gasteiger charge is 2.09. The van der Waals surface area contributed by atoms with E-state index in [4.69, 9.17) is 9.84 Å². The Morgan fingerprint density at radius 2 is 1.81 bits per heavy atom. The maximum Gasteiger partial charge on any atom is 0.303 e. The molecule has 0 atom stereocenters. The summed E-state index contributed by atoms with van der Waals surface area (Å²) in [7, 11) is 0. The maximum atomic E-state index is 12.1. The Morgan fingerprint density at radius 3 is 2.48 bits per heavy atom. The number of rotatable bonds is 9. The number of carboxylic acid groups (broad SMARTS) is 1. The number of nitrogens with one attached hydrogen (secondary N) is 2. The van der Waals surface area contributed by atoms with Gasteiger partial charge in [0.25, 0.3) is 5.91 Å². The zero-order chi connectivity index (χ0) is 19.6. The van der Waals surface area contributed by atoms with Crippen molar-refractivity contribution in [3.63, 3.8) is 0 Å². The summed E-state index contributed by atoms with van der Waals surface area (Å²) in [6.45, 7) is 2.25. The fourth-order valence-electron chi connectivity index (χ4n) is 2.39. The summed E-state index contributed by atoms with van der Waals surface area (Å²) >= 11 is 0. The van der Waals surface area contributed by atoms with Gasteiger partial charge >= 0.3 is 5.97 Å². The minimum atomic E-state index is -0.874. The van der Waals surface area contributed by atoms with Crippen LogP contribution in [0.15, 0.2) is 48.5 Å². The van der Waals surface area contributed by atoms with Crippen LogP contribution in [0.4, 0.5) is 5.69 Å². The molecule has 0 fully saturated rings. The van der Waals surface area contributed by atoms with Crippen molar-refractivity contribution in [3.05, 3.63) is 59.7 Å². The molecule has 7 heteroatoms. The molecule has 0 unspecified atom stereocenters. The first-order valence-electron chi connectivity index (χ1n) is 8.59. The summed E-state index contributed by atoms with van der Waals surface area (Å²) in [6.07, 6.45) is 0.406. The third-order valence-corrected chi connectivity index (χ3v) is 3.68. The van der Waals surface area contributed by atoms with E-state index >= 15 is 0 Å². The number of amides is 2. The molecule has 0 aliphatic rings. The number of carbonyl (C=O) groups excluding carboxylic acids is 2. The van der Waals surface area contributed by atoms with Crippen molar-refractivity contribution in [2.75, 3.05) is 18.5 Å². The lowest BCUT2D eigenvalue weighted by molar-refractivity contribution is -0.137. The van der Waals surface area contributed by atoms with Crippen molar-refractivity contribution in [1.29, 1.82) is 0 Å². The standard InChI is InChI=1S/C20H22N2O5/c1-2-27-17-9-7-15(8-10-17)20(26)21-13-18(23)22-16-5-3-4-14(12-16)6-11-19(24)25/h3-5,7-10,12H,2,6,11,13H2,1H3,(H,21,26)(H,22,23)(H,24,25). The highest BCUT2D eigenvalue weighted by molar-refractivity contribution is 5.99. The number of hydrogen-bond donors (Lipinski definition) is 3. The molecule has 0 saturated carbocycles. The van der Waals surface area contributed by atoms with Crippen molar-refractivity contribution in [2.45, 2.75) is 19.8 Å². The van der Waals surface area contributed by atoms with E-state index in [-0.39, 0.29) is 24.8 Å². The third kappa shape index (κ3) is 6.81. The van der Waals surface area contributed by atoms with Crippen molar-refractivity contribution in [1.82, 2.24) is 5.32 Å². The van der Waals surface area contributed by atoms with Gasteiger partial charge in [-0.05, 0) is 55.3 Å². The molecule has 0 aliphatic heterocycles. The first-order chi connectivity index (χ1) is 13.0. The molecular weight excluding hydrogens is 348 g/mol. The number of aliphatic carboxylic acids is 1. The largest absolute Gasteiger partial charge is 0.494 e. The Hall–Kier alpha value is -3.35. The molecule has 7 nitrogen and oxygen atoms in total. The molecule has 0 aliphatic carbocycles. The fourth-order valence-corrected chi connectivity index (χ4v) is 2.39. The van der Waals surface area contributed by atoms with Crippen molar-refractivity contribution < 1.29 is 24.2 Å². The third-order valence-electron chi connectivity index (χ3n) is 3.68. The summed E-state index contributed by atoms with van der Waals surface area (Å²) in [4.78, 5) is 34.7. The van der Waals surface area contributed by atoms with Crippen LogP contribution in [0.2, 0.25) is 0 Å². The second-order valence-electron chi connectivity index (χ2n) is 5.78. The number of anilines is 1. The Morgan fingerprint density at radius 1 is 1.07 bits per heavy atom. The lowest BCUT2D eigenvalue weighted by atomic mass is 10.1. The lowest BCUT2D eigenvalue weighted by Crippen LogP contribution is -2.32. The van der Waals surface area contributed by atoms with Crippen LogP contribution in [0.5, 0.6) is 5.75 Å². The van der Waals surface area contributed by atoms with E-state index in [0.29, 0.717) is 30.0 Å². The van der Waals surface area contributed by atoms with E-state index in [1.807, 2.05) is 6.92 Å². The van der Waals surface area contributed by atoms with Gasteiger partial charge in [0.15, 0.2) is 0 Å². The molecule has 2 aromatic carbocycles. The Labute approximate surface area is 157 Å². The molecule has 0 radical (unpaired) electrons. The minimum Gasteiger partial charge on any atom is -0.494 e. The van der Waals surface area contributed by atoms with E-state index in [9.17, 15) is 14.4 Å². The van der Waals surface area contributed by atoms with Gasteiger partial charge in [0.1, 0.15) is 5.75 Å². The average molecular weight is 370 g/mol. The van der Waals surface area contributed by atoms with Crippen LogP contribution in [0.25, 0.3) is 0 Å². The average Bonchev–Trinajstić information content (AvgIpc) is 2.65. The van der Waals surface area contributed by atoms with Gasteiger partial charge in [0.05, 0.1) is 13.2 Å². The number of aryl methyl sites for hydroxylation is 1. The van der Waals surface area contributed by atoms with E-state index in [1.54, 1.807) is 48.5 Å². The van der Waals surface area contributed by atoms with Crippen molar-refractivity contribution >= 4 is 23.5 Å². The molecule has 0 aromatic heterocycles. The van der Waals surface area contributed by atoms with Gasteiger partial charge in [-0.2, -0.15) is 0 Å². The molecule has 142 valence electrons. The van der Waals surface area contributed by atoms with Crippen LogP contribution in [0.3, 0.4) is 0 Å². The predicted octanol–water partition coefficient (Wildman–Crippen LogP) is 2.47. The maximum absolute atomic E-state index is 12.1. The zero-order valence-electron chi connectivity index (χ0n) is 15.0. The van der Waals surface area contributed by atoms with Gasteiger partial charge in [-0.15, -0.1) is 0 Å². The highest BCUT2D eigenvalue weighted by Crippen LogP contribution is 2.13. The van der Waals surface area contributed by atoms with Crippen LogP contribution < -0.4 is 15.4 Å². The zero-order valence-corrected chi connectivity index (χ0v) is 15.0. The van der Waals surface area contributed by atoms with Crippen LogP contribution in [-0.4, -0.2) is 36.0 Å². The summed E-state index contributed by atoms with van der Waals surface area (Å²) in [5, 5.41) is 14.0. The first-order valence-corrected chi connectivity index (χ1v) is 8.59. The SMILES string of the molecule is CCOc1ccc(C(=O)NCC(=O)Nc2cccc(CCC(=O)O)c2)cc1. The van der Waals surface area contributed by atoms with Crippen LogP contribution >= 0.6 is 0 Å². The van der Waals surface area contributed by atoms with Crippen LogP contribution in [0.1, 0.15) is 29.3 Å². The normalized spacial score (nSPS) is 10.1. The first kappa shape index (κ1) is 20.0. The second-order valence-corrected chi connectivity index (χ2v) is 5.78. The van der Waals surface area contributed by atoms with Gasteiger partial charge in [0.2, 0.25) is 5.91 Å². The second kappa shape index (κ2) is 9.96. The van der Waals surface area contributed by atoms with Crippen molar-refractivity contribution in [3.8, 4) is 5.75 Å². The van der Waals surface area contributed by atoms with Gasteiger partial charge in [-0.1, -0.05) is 12.1 Å². The number of carbonyl (C=O) groups is 3. The van der Waals surface area contributed by atoms with Crippen molar-refractivity contribution in [2.24, 2.45) is 0 Å². The number of hydrogen-bond acceptors (Lipinski definition) is 4. The van der Waals surface area contributed by atoms with Gasteiger partial charge in [-0.25, -0.2) is 0 Å². The summed E-state index contributed by atoms with van der Waals surface area (Å²) < 4.78 is 5.32. The van der Waals surface area contributed by atoms with E-state index < -0.39 is 5.97 Å². The Balaban J connectivity index is 1.84. The monoisotopic (exact) mass is 370 g/mol. The molecule has 0 heterocycles. The predicted molar refractivity (Wildman–Crippen MR) is 101 cm³/mol. The van der Waals surface area contributed by atoms with E-state index in [2.05, 4.69) is 10.6 Å².